The Morgan fingerprint density at radius 1 is 1.14 bits per heavy atom. The molecule has 0 aromatic heterocycles. The zero-order valence-corrected chi connectivity index (χ0v) is 6.91. The van der Waals surface area contributed by atoms with Crippen molar-refractivity contribution in [3.8, 4) is 0 Å². The highest BCUT2D eigenvalue weighted by Gasteiger charge is 2.23. The van der Waals surface area contributed by atoms with E-state index >= 15 is 0 Å². The van der Waals surface area contributed by atoms with Gasteiger partial charge in [0.05, 0.1) is 11.0 Å². The average molecular weight is 188 g/mol. The highest BCUT2D eigenvalue weighted by molar-refractivity contribution is 6.23. The molecule has 2 aliphatic carbocycles. The molecule has 14 heavy (non-hydrogen) atoms. The molecule has 0 radical (unpaired) electrons. The first kappa shape index (κ1) is 3.06. The molecule has 0 saturated carbocycles. The van der Waals surface area contributed by atoms with Gasteiger partial charge in [-0.25, -0.2) is 0 Å². The summed E-state index contributed by atoms with van der Waals surface area (Å²) >= 11 is 0. The lowest BCUT2D eigenvalue weighted by Gasteiger charge is -2.06. The van der Waals surface area contributed by atoms with Gasteiger partial charge in [-0.05, 0) is 28.8 Å². The Morgan fingerprint density at radius 3 is 2.93 bits per heavy atom. The van der Waals surface area contributed by atoms with Gasteiger partial charge in [0.25, 0.3) is 0 Å². The van der Waals surface area contributed by atoms with Gasteiger partial charge in [-0.1, -0.05) is 36.3 Å². The molecule has 0 unspecified atom stereocenters. The highest BCUT2D eigenvalue weighted by Crippen LogP contribution is 2.37. The monoisotopic (exact) mass is 188 g/mol. The fraction of sp³-hybridized carbons (Fsp3) is 0. The number of allylic oxidation sites excluding steroid dienone is 5. The van der Waals surface area contributed by atoms with E-state index < -0.39 is 54.2 Å². The van der Waals surface area contributed by atoms with E-state index in [-0.39, 0.29) is 22.3 Å². The van der Waals surface area contributed by atoms with Crippen LogP contribution in [0.2, 0.25) is 0 Å². The highest BCUT2D eigenvalue weighted by atomic mass is 16.1. The van der Waals surface area contributed by atoms with Crippen molar-refractivity contribution >= 4 is 17.4 Å². The standard InChI is InChI=1S/C13H8O/c14-13-7-3-6-11-10-5-2-1-4-9(10)8-12(11)13/h1-8H/i1D,2D,3D,4D,5D,6D,7D,8D. The lowest BCUT2D eigenvalue weighted by atomic mass is 9.96. The van der Waals surface area contributed by atoms with Crippen LogP contribution < -0.4 is 0 Å². The van der Waals surface area contributed by atoms with E-state index in [0.717, 1.165) is 0 Å². The summed E-state index contributed by atoms with van der Waals surface area (Å²) in [5.41, 5.74) is -0.718. The molecule has 2 aliphatic rings. The molecule has 3 rings (SSSR count). The molecular formula is C13H8O. The smallest absolute Gasteiger partial charge is 0.186 e. The molecule has 0 saturated heterocycles. The summed E-state index contributed by atoms with van der Waals surface area (Å²) in [6.45, 7) is 0. The SMILES string of the molecule is [2H]C1=C([2H])C([2H])=C2C(=C([2H])c3c([2H])c([2H])c([2H])c([2H])c32)C1=O. The second-order valence-corrected chi connectivity index (χ2v) is 2.83. The topological polar surface area (TPSA) is 17.1 Å². The fourth-order valence-corrected chi connectivity index (χ4v) is 1.41. The van der Waals surface area contributed by atoms with Gasteiger partial charge in [0, 0.05) is 5.57 Å². The summed E-state index contributed by atoms with van der Waals surface area (Å²) < 4.78 is 62.3. The molecular weight excluding hydrogens is 172 g/mol. The molecule has 0 aliphatic heterocycles. The number of rotatable bonds is 0. The number of benzene rings is 1. The van der Waals surface area contributed by atoms with Crippen LogP contribution in [0.4, 0.5) is 0 Å². The number of ketones is 1. The minimum Gasteiger partial charge on any atom is -0.289 e. The second kappa shape index (κ2) is 2.55. The summed E-state index contributed by atoms with van der Waals surface area (Å²) in [6, 6.07) is -4.21. The fourth-order valence-electron chi connectivity index (χ4n) is 1.41. The van der Waals surface area contributed by atoms with Gasteiger partial charge in [0.1, 0.15) is 0 Å². The molecule has 0 spiro atoms. The van der Waals surface area contributed by atoms with Crippen LogP contribution in [-0.4, -0.2) is 5.78 Å². The molecule has 0 heterocycles. The van der Waals surface area contributed by atoms with E-state index in [0.29, 0.717) is 0 Å². The van der Waals surface area contributed by atoms with Crippen LogP contribution in [0.1, 0.15) is 22.1 Å². The zero-order chi connectivity index (χ0) is 16.5. The Hall–Kier alpha value is -1.89. The largest absolute Gasteiger partial charge is 0.289 e. The average Bonchev–Trinajstić information content (AvgIpc) is 2.80. The normalized spacial score (nSPS) is 28.1. The maximum Gasteiger partial charge on any atom is 0.186 e. The number of hydrogen-bond donors (Lipinski definition) is 0. The molecule has 66 valence electrons. The Morgan fingerprint density at radius 2 is 2.00 bits per heavy atom. The Kier molecular flexibility index (Phi) is 0.557. The maximum absolute atomic E-state index is 12.2. The quantitative estimate of drug-likeness (QED) is 0.611. The first-order valence-electron chi connectivity index (χ1n) is 7.95. The van der Waals surface area contributed by atoms with Crippen molar-refractivity contribution in [1.29, 1.82) is 0 Å². The third kappa shape index (κ3) is 0.867. The van der Waals surface area contributed by atoms with Crippen molar-refractivity contribution in [2.75, 3.05) is 0 Å². The zero-order valence-electron chi connectivity index (χ0n) is 14.9. The van der Waals surface area contributed by atoms with Crippen LogP contribution in [0.15, 0.2) is 47.9 Å². The van der Waals surface area contributed by atoms with Crippen LogP contribution in [0.25, 0.3) is 11.6 Å². The van der Waals surface area contributed by atoms with E-state index in [1.54, 1.807) is 0 Å². The Labute approximate surface area is 93.3 Å². The van der Waals surface area contributed by atoms with Crippen LogP contribution in [0, 0.1) is 0 Å². The Bertz CT molecular complexity index is 875. The van der Waals surface area contributed by atoms with Crippen molar-refractivity contribution in [1.82, 2.24) is 0 Å². The second-order valence-electron chi connectivity index (χ2n) is 2.83. The summed E-state index contributed by atoms with van der Waals surface area (Å²) in [4.78, 5) is 12.2. The van der Waals surface area contributed by atoms with Crippen molar-refractivity contribution in [2.45, 2.75) is 0 Å². The van der Waals surface area contributed by atoms with Gasteiger partial charge < -0.3 is 0 Å². The number of fused-ring (bicyclic) bond motifs is 3. The summed E-state index contributed by atoms with van der Waals surface area (Å²) in [5, 5.41) is 0. The maximum atomic E-state index is 12.2. The molecule has 0 fully saturated rings. The van der Waals surface area contributed by atoms with Crippen LogP contribution >= 0.6 is 0 Å². The number of hydrogen-bond acceptors (Lipinski definition) is 1. The van der Waals surface area contributed by atoms with E-state index in [1.165, 1.54) is 0 Å². The van der Waals surface area contributed by atoms with Crippen molar-refractivity contribution < 1.29 is 15.8 Å². The predicted molar refractivity (Wildman–Crippen MR) is 56.5 cm³/mol. The summed E-state index contributed by atoms with van der Waals surface area (Å²) in [6.07, 6.45) is 0. The molecule has 1 heteroatoms. The van der Waals surface area contributed by atoms with E-state index in [1.807, 2.05) is 0 Å². The first-order valence-corrected chi connectivity index (χ1v) is 3.95. The van der Waals surface area contributed by atoms with Crippen LogP contribution in [0.3, 0.4) is 0 Å². The summed E-state index contributed by atoms with van der Waals surface area (Å²) in [7, 11) is 0. The van der Waals surface area contributed by atoms with Gasteiger partial charge in [0.15, 0.2) is 5.78 Å². The van der Waals surface area contributed by atoms with Crippen LogP contribution in [-0.2, 0) is 4.79 Å². The minimum atomic E-state index is -0.908. The minimum absolute atomic E-state index is 0.110. The third-order valence-electron chi connectivity index (χ3n) is 2.03. The third-order valence-corrected chi connectivity index (χ3v) is 2.03. The van der Waals surface area contributed by atoms with E-state index in [9.17, 15) is 4.79 Å². The van der Waals surface area contributed by atoms with Gasteiger partial charge >= 0.3 is 0 Å². The van der Waals surface area contributed by atoms with Gasteiger partial charge in [-0.15, -0.1) is 0 Å². The van der Waals surface area contributed by atoms with Gasteiger partial charge in [-0.2, -0.15) is 0 Å². The molecule has 0 bridgehead atoms. The molecule has 0 amide bonds. The Balaban J connectivity index is 2.54. The van der Waals surface area contributed by atoms with Crippen LogP contribution in [0.5, 0.6) is 0 Å². The molecule has 1 aromatic rings. The van der Waals surface area contributed by atoms with Crippen molar-refractivity contribution in [3.05, 3.63) is 59.0 Å². The number of carbonyl (C=O) groups excluding carboxylic acids is 1. The van der Waals surface area contributed by atoms with Crippen molar-refractivity contribution in [2.24, 2.45) is 0 Å². The van der Waals surface area contributed by atoms with E-state index in [2.05, 4.69) is 0 Å². The first-order chi connectivity index (χ1) is 10.2. The van der Waals surface area contributed by atoms with E-state index in [4.69, 9.17) is 11.0 Å². The molecule has 1 nitrogen and oxygen atoms in total. The summed E-state index contributed by atoms with van der Waals surface area (Å²) in [5.74, 6) is -0.908. The molecule has 0 atom stereocenters. The number of carbonyl (C=O) groups is 1. The van der Waals surface area contributed by atoms with Gasteiger partial charge in [-0.3, -0.25) is 4.79 Å². The van der Waals surface area contributed by atoms with Crippen molar-refractivity contribution in [3.63, 3.8) is 0 Å². The predicted octanol–water partition coefficient (Wildman–Crippen LogP) is 2.61. The lowest BCUT2D eigenvalue weighted by molar-refractivity contribution is -0.110. The van der Waals surface area contributed by atoms with Gasteiger partial charge in [0.2, 0.25) is 0 Å². The molecule has 1 aromatic carbocycles. The lowest BCUT2D eigenvalue weighted by Crippen LogP contribution is -2.00. The molecule has 0 N–H and O–H groups in total.